The van der Waals surface area contributed by atoms with Gasteiger partial charge in [-0.2, -0.15) is 4.52 Å². The number of aryl methyl sites for hydroxylation is 3. The Labute approximate surface area is 149 Å². The van der Waals surface area contributed by atoms with Crippen molar-refractivity contribution in [2.75, 3.05) is 5.32 Å². The van der Waals surface area contributed by atoms with E-state index in [0.717, 1.165) is 23.2 Å². The van der Waals surface area contributed by atoms with Gasteiger partial charge in [-0.15, -0.1) is 5.10 Å². The Morgan fingerprint density at radius 1 is 1.20 bits per heavy atom. The number of anilines is 2. The summed E-state index contributed by atoms with van der Waals surface area (Å²) in [4.78, 5) is 17.9. The number of nitrogens with one attached hydrogen (secondary N) is 1. The molecule has 0 amide bonds. The first kappa shape index (κ1) is 15.8. The maximum absolute atomic E-state index is 12.7. The van der Waals surface area contributed by atoms with Crippen LogP contribution in [0.15, 0.2) is 41.2 Å². The third-order valence-electron chi connectivity index (χ3n) is 4.32. The van der Waals surface area contributed by atoms with Gasteiger partial charge in [-0.05, 0) is 43.5 Å². The number of benzene rings is 2. The molecule has 0 aliphatic carbocycles. The summed E-state index contributed by atoms with van der Waals surface area (Å²) < 4.78 is 1.39. The molecular formula is C19H18N4OS. The van der Waals surface area contributed by atoms with Crippen molar-refractivity contribution in [1.29, 1.82) is 0 Å². The minimum absolute atomic E-state index is 0.131. The lowest BCUT2D eigenvalue weighted by Gasteiger charge is -2.11. The lowest BCUT2D eigenvalue weighted by molar-refractivity contribution is 0.918. The molecule has 0 spiro atoms. The largest absolute Gasteiger partial charge is 0.330 e. The molecule has 0 aliphatic heterocycles. The number of hydrogen-bond donors (Lipinski definition) is 1. The summed E-state index contributed by atoms with van der Waals surface area (Å²) in [5.41, 5.74) is 5.04. The fourth-order valence-corrected chi connectivity index (χ4v) is 3.78. The van der Waals surface area contributed by atoms with Crippen LogP contribution < -0.4 is 10.9 Å². The molecule has 4 aromatic rings. The van der Waals surface area contributed by atoms with E-state index in [1.54, 1.807) is 0 Å². The Morgan fingerprint density at radius 2 is 2.04 bits per heavy atom. The van der Waals surface area contributed by atoms with Crippen molar-refractivity contribution in [3.63, 3.8) is 0 Å². The predicted octanol–water partition coefficient (Wildman–Crippen LogP) is 4.23. The van der Waals surface area contributed by atoms with Gasteiger partial charge in [-0.3, -0.25) is 4.79 Å². The molecule has 1 N–H and O–H groups in total. The summed E-state index contributed by atoms with van der Waals surface area (Å²) in [7, 11) is 0. The number of hydrogen-bond acceptors (Lipinski definition) is 5. The number of nitrogens with zero attached hydrogens (tertiary/aromatic N) is 3. The molecule has 2 aromatic heterocycles. The molecule has 2 aromatic carbocycles. The number of aromatic nitrogens is 3. The Morgan fingerprint density at radius 3 is 2.84 bits per heavy atom. The Bertz CT molecular complexity index is 1160. The zero-order valence-electron chi connectivity index (χ0n) is 14.3. The van der Waals surface area contributed by atoms with Crippen LogP contribution in [0.3, 0.4) is 0 Å². The Balaban J connectivity index is 1.86. The van der Waals surface area contributed by atoms with Gasteiger partial charge in [0.05, 0.1) is 10.9 Å². The summed E-state index contributed by atoms with van der Waals surface area (Å²) in [5, 5.41) is 9.10. The van der Waals surface area contributed by atoms with Crippen molar-refractivity contribution in [3.05, 3.63) is 63.4 Å². The molecule has 2 heterocycles. The first-order valence-corrected chi connectivity index (χ1v) is 9.04. The number of rotatable bonds is 3. The fourth-order valence-electron chi connectivity index (χ4n) is 2.98. The van der Waals surface area contributed by atoms with Crippen molar-refractivity contribution >= 4 is 38.0 Å². The van der Waals surface area contributed by atoms with Gasteiger partial charge in [0.15, 0.2) is 0 Å². The van der Waals surface area contributed by atoms with E-state index in [-0.39, 0.29) is 5.56 Å². The zero-order valence-corrected chi connectivity index (χ0v) is 15.1. The highest BCUT2D eigenvalue weighted by molar-refractivity contribution is 7.20. The zero-order chi connectivity index (χ0) is 17.6. The van der Waals surface area contributed by atoms with Crippen LogP contribution >= 0.6 is 11.3 Å². The molecule has 0 atom stereocenters. The molecule has 5 nitrogen and oxygen atoms in total. The normalized spacial score (nSPS) is 11.3. The third-order valence-corrected chi connectivity index (χ3v) is 5.15. The van der Waals surface area contributed by atoms with Gasteiger partial charge in [0, 0.05) is 5.69 Å². The lowest BCUT2D eigenvalue weighted by Crippen LogP contribution is -2.15. The molecule has 25 heavy (non-hydrogen) atoms. The van der Waals surface area contributed by atoms with Crippen LogP contribution in [-0.4, -0.2) is 14.6 Å². The minimum Gasteiger partial charge on any atom is -0.330 e. The Kier molecular flexibility index (Phi) is 3.77. The van der Waals surface area contributed by atoms with E-state index in [0.29, 0.717) is 21.0 Å². The summed E-state index contributed by atoms with van der Waals surface area (Å²) in [5.74, 6) is 0. The van der Waals surface area contributed by atoms with Crippen molar-refractivity contribution in [2.24, 2.45) is 0 Å². The average Bonchev–Trinajstić information content (AvgIpc) is 3.00. The highest BCUT2D eigenvalue weighted by atomic mass is 32.1. The maximum atomic E-state index is 12.7. The standard InChI is InChI=1S/C19H18N4OS/c1-4-13-7-5-6-12(3)16(13)21-18-22-23-17(24)14-10-11(2)8-9-15(14)20-19(23)25-18/h5-10H,4H2,1-3H3,(H,21,22). The monoisotopic (exact) mass is 350 g/mol. The smallest absolute Gasteiger partial charge is 0.283 e. The van der Waals surface area contributed by atoms with Gasteiger partial charge in [-0.1, -0.05) is 48.1 Å². The molecule has 0 saturated heterocycles. The molecular weight excluding hydrogens is 332 g/mol. The van der Waals surface area contributed by atoms with Crippen LogP contribution in [0.1, 0.15) is 23.6 Å². The first-order valence-electron chi connectivity index (χ1n) is 8.22. The van der Waals surface area contributed by atoms with E-state index >= 15 is 0 Å². The van der Waals surface area contributed by atoms with Crippen molar-refractivity contribution in [2.45, 2.75) is 27.2 Å². The molecule has 126 valence electrons. The summed E-state index contributed by atoms with van der Waals surface area (Å²) in [6, 6.07) is 11.9. The van der Waals surface area contributed by atoms with Crippen molar-refractivity contribution in [3.8, 4) is 0 Å². The van der Waals surface area contributed by atoms with Crippen molar-refractivity contribution < 1.29 is 0 Å². The average molecular weight is 350 g/mol. The molecule has 6 heteroatoms. The third kappa shape index (κ3) is 2.68. The van der Waals surface area contributed by atoms with Gasteiger partial charge in [0.25, 0.3) is 5.56 Å². The van der Waals surface area contributed by atoms with Gasteiger partial charge < -0.3 is 5.32 Å². The molecule has 0 aliphatic rings. The van der Waals surface area contributed by atoms with Gasteiger partial charge in [0.2, 0.25) is 10.1 Å². The fraction of sp³-hybridized carbons (Fsp3) is 0.211. The van der Waals surface area contributed by atoms with E-state index in [4.69, 9.17) is 0 Å². The van der Waals surface area contributed by atoms with Crippen LogP contribution in [0.25, 0.3) is 15.9 Å². The van der Waals surface area contributed by atoms with Crippen LogP contribution in [0.2, 0.25) is 0 Å². The van der Waals surface area contributed by atoms with Gasteiger partial charge >= 0.3 is 0 Å². The van der Waals surface area contributed by atoms with E-state index in [1.807, 2.05) is 25.1 Å². The lowest BCUT2D eigenvalue weighted by atomic mass is 10.1. The SMILES string of the molecule is CCc1cccc(C)c1Nc1nn2c(=O)c3cc(C)ccc3nc2s1. The maximum Gasteiger partial charge on any atom is 0.283 e. The molecule has 0 saturated carbocycles. The molecule has 0 fully saturated rings. The van der Waals surface area contributed by atoms with Crippen LogP contribution in [-0.2, 0) is 6.42 Å². The minimum atomic E-state index is -0.131. The summed E-state index contributed by atoms with van der Waals surface area (Å²) in [6.45, 7) is 6.15. The van der Waals surface area contributed by atoms with E-state index in [9.17, 15) is 4.79 Å². The molecule has 0 unspecified atom stereocenters. The topological polar surface area (TPSA) is 59.3 Å². The Hall–Kier alpha value is -2.73. The summed E-state index contributed by atoms with van der Waals surface area (Å²) >= 11 is 1.38. The van der Waals surface area contributed by atoms with Gasteiger partial charge in [0.1, 0.15) is 0 Å². The van der Waals surface area contributed by atoms with Crippen LogP contribution in [0.5, 0.6) is 0 Å². The molecule has 0 bridgehead atoms. The quantitative estimate of drug-likeness (QED) is 0.601. The highest BCUT2D eigenvalue weighted by Gasteiger charge is 2.13. The molecule has 0 radical (unpaired) electrons. The first-order chi connectivity index (χ1) is 12.1. The number of fused-ring (bicyclic) bond motifs is 2. The van der Waals surface area contributed by atoms with E-state index in [2.05, 4.69) is 47.4 Å². The second kappa shape index (κ2) is 5.97. The number of para-hydroxylation sites is 1. The van der Waals surface area contributed by atoms with Gasteiger partial charge in [-0.25, -0.2) is 4.98 Å². The van der Waals surface area contributed by atoms with Crippen molar-refractivity contribution in [1.82, 2.24) is 14.6 Å². The van der Waals surface area contributed by atoms with Crippen LogP contribution in [0, 0.1) is 13.8 Å². The van der Waals surface area contributed by atoms with Crippen LogP contribution in [0.4, 0.5) is 10.8 Å². The van der Waals surface area contributed by atoms with E-state index in [1.165, 1.54) is 21.4 Å². The summed E-state index contributed by atoms with van der Waals surface area (Å²) in [6.07, 6.45) is 0.927. The molecule has 4 rings (SSSR count). The highest BCUT2D eigenvalue weighted by Crippen LogP contribution is 2.28. The second-order valence-corrected chi connectivity index (χ2v) is 7.08. The predicted molar refractivity (Wildman–Crippen MR) is 103 cm³/mol. The second-order valence-electron chi connectivity index (χ2n) is 6.13. The van der Waals surface area contributed by atoms with E-state index < -0.39 is 0 Å².